The molecule has 1 aliphatic heterocycles. The van der Waals surface area contributed by atoms with Crippen molar-refractivity contribution in [2.24, 2.45) is 0 Å². The third-order valence-electron chi connectivity index (χ3n) is 5.46. The van der Waals surface area contributed by atoms with E-state index in [0.717, 1.165) is 35.1 Å². The Hall–Kier alpha value is -3.70. The number of nitrogens with one attached hydrogen (secondary N) is 1. The van der Waals surface area contributed by atoms with E-state index in [4.69, 9.17) is 4.74 Å². The van der Waals surface area contributed by atoms with Crippen LogP contribution < -0.4 is 9.62 Å². The first-order chi connectivity index (χ1) is 16.4. The van der Waals surface area contributed by atoms with Gasteiger partial charge in [0.1, 0.15) is 28.7 Å². The van der Waals surface area contributed by atoms with Crippen molar-refractivity contribution in [3.8, 4) is 11.1 Å². The van der Waals surface area contributed by atoms with Gasteiger partial charge in [0.15, 0.2) is 0 Å². The lowest BCUT2D eigenvalue weighted by Crippen LogP contribution is -2.36. The van der Waals surface area contributed by atoms with Crippen LogP contribution in [0.15, 0.2) is 66.1 Å². The van der Waals surface area contributed by atoms with Gasteiger partial charge in [0.2, 0.25) is 0 Å². The molecule has 0 aliphatic carbocycles. The summed E-state index contributed by atoms with van der Waals surface area (Å²) in [5.41, 5.74) is 1.66. The summed E-state index contributed by atoms with van der Waals surface area (Å²) in [4.78, 5) is 14.8. The van der Waals surface area contributed by atoms with Crippen molar-refractivity contribution in [1.82, 2.24) is 15.0 Å². The maximum absolute atomic E-state index is 14.0. The molecular weight excluding hydrogens is 464 g/mol. The Morgan fingerprint density at radius 3 is 2.56 bits per heavy atom. The second kappa shape index (κ2) is 8.92. The molecule has 0 atom stereocenters. The number of ether oxygens (including phenoxy) is 1. The van der Waals surface area contributed by atoms with Crippen molar-refractivity contribution in [2.75, 3.05) is 35.9 Å². The highest BCUT2D eigenvalue weighted by atomic mass is 32.2. The molecule has 8 nitrogen and oxygen atoms in total. The topological polar surface area (TPSA) is 97.3 Å². The predicted octanol–water partition coefficient (Wildman–Crippen LogP) is 3.61. The summed E-state index contributed by atoms with van der Waals surface area (Å²) in [7, 11) is -4.17. The van der Waals surface area contributed by atoms with Gasteiger partial charge in [-0.3, -0.25) is 9.71 Å². The summed E-state index contributed by atoms with van der Waals surface area (Å²) in [6, 6.07) is 9.59. The van der Waals surface area contributed by atoms with Crippen molar-refractivity contribution in [3.63, 3.8) is 0 Å². The van der Waals surface area contributed by atoms with Crippen LogP contribution in [0.4, 0.5) is 20.3 Å². The number of aromatic nitrogens is 3. The lowest BCUT2D eigenvalue weighted by molar-refractivity contribution is 0.122. The molecule has 0 amide bonds. The predicted molar refractivity (Wildman–Crippen MR) is 123 cm³/mol. The minimum atomic E-state index is -4.17. The molecule has 2 aromatic heterocycles. The Morgan fingerprint density at radius 2 is 1.76 bits per heavy atom. The molecule has 1 N–H and O–H groups in total. The minimum Gasteiger partial charge on any atom is -0.378 e. The zero-order chi connectivity index (χ0) is 23.7. The number of rotatable bonds is 5. The third-order valence-corrected chi connectivity index (χ3v) is 6.79. The van der Waals surface area contributed by atoms with Crippen LogP contribution in [0.3, 0.4) is 0 Å². The molecule has 0 radical (unpaired) electrons. The fourth-order valence-electron chi connectivity index (χ4n) is 3.75. The first-order valence-electron chi connectivity index (χ1n) is 10.4. The Bertz CT molecular complexity index is 1480. The van der Waals surface area contributed by atoms with Gasteiger partial charge < -0.3 is 9.64 Å². The summed E-state index contributed by atoms with van der Waals surface area (Å²) in [5, 5.41) is 0.821. The molecule has 2 aromatic carbocycles. The Labute approximate surface area is 194 Å². The van der Waals surface area contributed by atoms with Gasteiger partial charge >= 0.3 is 0 Å². The van der Waals surface area contributed by atoms with Gasteiger partial charge in [0.05, 0.1) is 24.4 Å². The summed E-state index contributed by atoms with van der Waals surface area (Å²) >= 11 is 0. The number of nitrogens with zero attached hydrogens (tertiary/aromatic N) is 4. The van der Waals surface area contributed by atoms with E-state index in [1.165, 1.54) is 18.6 Å². The summed E-state index contributed by atoms with van der Waals surface area (Å²) in [6.45, 7) is 2.63. The number of sulfonamides is 1. The molecule has 5 rings (SSSR count). The van der Waals surface area contributed by atoms with Crippen molar-refractivity contribution < 1.29 is 21.9 Å². The van der Waals surface area contributed by atoms with Crippen LogP contribution in [0.25, 0.3) is 22.0 Å². The van der Waals surface area contributed by atoms with E-state index in [-0.39, 0.29) is 10.6 Å². The highest BCUT2D eigenvalue weighted by Gasteiger charge is 2.19. The van der Waals surface area contributed by atoms with E-state index in [1.54, 1.807) is 0 Å². The zero-order valence-corrected chi connectivity index (χ0v) is 18.6. The van der Waals surface area contributed by atoms with E-state index < -0.39 is 21.7 Å². The fourth-order valence-corrected chi connectivity index (χ4v) is 4.80. The second-order valence-electron chi connectivity index (χ2n) is 7.67. The van der Waals surface area contributed by atoms with Crippen molar-refractivity contribution in [2.45, 2.75) is 4.90 Å². The van der Waals surface area contributed by atoms with Crippen molar-refractivity contribution >= 4 is 32.4 Å². The Balaban J connectivity index is 1.50. The average molecular weight is 484 g/mol. The summed E-state index contributed by atoms with van der Waals surface area (Å²) < 4.78 is 60.4. The molecule has 0 spiro atoms. The highest BCUT2D eigenvalue weighted by molar-refractivity contribution is 7.92. The maximum Gasteiger partial charge on any atom is 0.263 e. The van der Waals surface area contributed by atoms with Crippen molar-refractivity contribution in [1.29, 1.82) is 0 Å². The lowest BCUT2D eigenvalue weighted by Gasteiger charge is -2.28. The number of fused-ring (bicyclic) bond motifs is 1. The van der Waals surface area contributed by atoms with E-state index in [2.05, 4.69) is 24.6 Å². The van der Waals surface area contributed by atoms with Crippen LogP contribution in [0.1, 0.15) is 0 Å². The third kappa shape index (κ3) is 4.39. The van der Waals surface area contributed by atoms with Crippen LogP contribution >= 0.6 is 0 Å². The molecule has 1 aliphatic rings. The van der Waals surface area contributed by atoms with Crippen LogP contribution in [-0.4, -0.2) is 49.7 Å². The zero-order valence-electron chi connectivity index (χ0n) is 17.8. The van der Waals surface area contributed by atoms with Gasteiger partial charge in [0.25, 0.3) is 10.0 Å². The fraction of sp³-hybridized carbons (Fsp3) is 0.174. The van der Waals surface area contributed by atoms with Crippen LogP contribution in [-0.2, 0) is 14.8 Å². The van der Waals surface area contributed by atoms with Gasteiger partial charge in [-0.2, -0.15) is 0 Å². The number of anilines is 2. The van der Waals surface area contributed by atoms with Gasteiger partial charge in [0, 0.05) is 42.5 Å². The molecule has 1 fully saturated rings. The largest absolute Gasteiger partial charge is 0.378 e. The molecule has 4 aromatic rings. The highest BCUT2D eigenvalue weighted by Crippen LogP contribution is 2.30. The molecule has 174 valence electrons. The number of hydrogen-bond acceptors (Lipinski definition) is 7. The maximum atomic E-state index is 14.0. The second-order valence-corrected chi connectivity index (χ2v) is 9.35. The van der Waals surface area contributed by atoms with Crippen LogP contribution in [0.5, 0.6) is 0 Å². The number of halogens is 2. The monoisotopic (exact) mass is 483 g/mol. The molecule has 0 saturated carbocycles. The average Bonchev–Trinajstić information content (AvgIpc) is 2.86. The van der Waals surface area contributed by atoms with Gasteiger partial charge in [-0.1, -0.05) is 6.07 Å². The summed E-state index contributed by atoms with van der Waals surface area (Å²) in [6.07, 6.45) is 4.22. The van der Waals surface area contributed by atoms with Crippen LogP contribution in [0, 0.1) is 11.6 Å². The van der Waals surface area contributed by atoms with Gasteiger partial charge in [-0.15, -0.1) is 0 Å². The Morgan fingerprint density at radius 1 is 0.941 bits per heavy atom. The SMILES string of the molecule is O=S(=O)(Nc1ccc(F)cc1F)c1cncc(-c2ccc3ncnc(N4CCOCC4)c3c2)c1. The molecule has 1 saturated heterocycles. The number of morpholine rings is 1. The molecule has 11 heteroatoms. The van der Waals surface area contributed by atoms with E-state index >= 15 is 0 Å². The Kier molecular flexibility index (Phi) is 5.80. The van der Waals surface area contributed by atoms with E-state index in [9.17, 15) is 17.2 Å². The van der Waals surface area contributed by atoms with Crippen LogP contribution in [0.2, 0.25) is 0 Å². The van der Waals surface area contributed by atoms with Crippen molar-refractivity contribution in [3.05, 3.63) is 72.8 Å². The summed E-state index contributed by atoms with van der Waals surface area (Å²) in [5.74, 6) is -1.04. The number of benzene rings is 2. The normalized spacial score (nSPS) is 14.4. The van der Waals surface area contributed by atoms with E-state index in [1.807, 2.05) is 18.2 Å². The number of pyridine rings is 1. The van der Waals surface area contributed by atoms with E-state index in [0.29, 0.717) is 43.5 Å². The molecule has 0 unspecified atom stereocenters. The standard InChI is InChI=1S/C23H19F2N5O3S/c24-17-2-4-22(20(25)11-17)29-34(31,32)18-9-16(12-26-13-18)15-1-3-21-19(10-15)23(28-14-27-21)30-5-7-33-8-6-30/h1-4,9-14,29H,5-8H2. The molecule has 34 heavy (non-hydrogen) atoms. The molecule has 0 bridgehead atoms. The van der Waals surface area contributed by atoms with Gasteiger partial charge in [-0.05, 0) is 35.9 Å². The molecular formula is C23H19F2N5O3S. The first kappa shape index (κ1) is 22.1. The lowest BCUT2D eigenvalue weighted by atomic mass is 10.0. The minimum absolute atomic E-state index is 0.161. The number of hydrogen-bond donors (Lipinski definition) is 1. The smallest absolute Gasteiger partial charge is 0.263 e. The van der Waals surface area contributed by atoms with Gasteiger partial charge in [-0.25, -0.2) is 27.2 Å². The first-order valence-corrected chi connectivity index (χ1v) is 11.9. The quantitative estimate of drug-likeness (QED) is 0.463. The molecule has 3 heterocycles.